The summed E-state index contributed by atoms with van der Waals surface area (Å²) in [5.74, 6) is -0.122. The van der Waals surface area contributed by atoms with Gasteiger partial charge in [0.2, 0.25) is 0 Å². The molecule has 0 unspecified atom stereocenters. The smallest absolute Gasteiger partial charge is 0.363 e. The molecule has 1 saturated heterocycles. The molecular weight excluding hydrogens is 308 g/mol. The Kier molecular flexibility index (Phi) is 4.41. The minimum absolute atomic E-state index is 0.0384. The Balaban J connectivity index is 1.62. The maximum atomic E-state index is 12.5. The highest BCUT2D eigenvalue weighted by Crippen LogP contribution is 2.19. The number of piperazine rings is 1. The van der Waals surface area contributed by atoms with Crippen LogP contribution in [0.25, 0.3) is 0 Å². The molecule has 0 radical (unpaired) electrons. The second-order valence-corrected chi connectivity index (χ2v) is 5.78. The second-order valence-electron chi connectivity index (χ2n) is 5.78. The average molecular weight is 326 g/mol. The fourth-order valence-corrected chi connectivity index (χ4v) is 2.72. The van der Waals surface area contributed by atoms with Crippen molar-refractivity contribution in [1.29, 1.82) is 0 Å². The van der Waals surface area contributed by atoms with E-state index in [-0.39, 0.29) is 11.7 Å². The van der Waals surface area contributed by atoms with Gasteiger partial charge in [-0.1, -0.05) is 17.7 Å². The predicted molar refractivity (Wildman–Crippen MR) is 90.2 cm³/mol. The van der Waals surface area contributed by atoms with E-state index in [9.17, 15) is 14.9 Å². The van der Waals surface area contributed by atoms with Crippen LogP contribution in [0.15, 0.2) is 42.6 Å². The number of nitro groups is 1. The summed E-state index contributed by atoms with van der Waals surface area (Å²) in [5.41, 5.74) is 2.66. The Morgan fingerprint density at radius 3 is 2.29 bits per heavy atom. The van der Waals surface area contributed by atoms with Gasteiger partial charge in [0.25, 0.3) is 5.91 Å². The van der Waals surface area contributed by atoms with Crippen LogP contribution >= 0.6 is 0 Å². The molecule has 1 amide bonds. The number of carbonyl (C=O) groups excluding carboxylic acids is 1. The van der Waals surface area contributed by atoms with Gasteiger partial charge in [-0.05, 0) is 35.0 Å². The number of rotatable bonds is 3. The largest absolute Gasteiger partial charge is 0.365 e. The molecule has 1 aliphatic heterocycles. The molecule has 1 fully saturated rings. The third-order valence-electron chi connectivity index (χ3n) is 4.15. The molecule has 0 bridgehead atoms. The first-order valence-corrected chi connectivity index (χ1v) is 7.76. The maximum absolute atomic E-state index is 12.5. The van der Waals surface area contributed by atoms with Gasteiger partial charge in [0.05, 0.1) is 5.69 Å². The topological polar surface area (TPSA) is 79.6 Å². The van der Waals surface area contributed by atoms with Crippen LogP contribution < -0.4 is 4.90 Å². The lowest BCUT2D eigenvalue weighted by Crippen LogP contribution is -2.48. The number of amides is 1. The van der Waals surface area contributed by atoms with Crippen molar-refractivity contribution in [2.45, 2.75) is 6.92 Å². The van der Waals surface area contributed by atoms with E-state index in [0.717, 1.165) is 11.3 Å². The fourth-order valence-electron chi connectivity index (χ4n) is 2.72. The molecule has 3 rings (SSSR count). The molecule has 2 aromatic rings. The summed E-state index contributed by atoms with van der Waals surface area (Å²) in [6.45, 7) is 4.58. The molecule has 124 valence electrons. The van der Waals surface area contributed by atoms with E-state index in [1.54, 1.807) is 6.07 Å². The third-order valence-corrected chi connectivity index (χ3v) is 4.15. The Hall–Kier alpha value is -2.96. The van der Waals surface area contributed by atoms with Crippen molar-refractivity contribution in [1.82, 2.24) is 9.88 Å². The lowest BCUT2D eigenvalue weighted by molar-refractivity contribution is -0.389. The van der Waals surface area contributed by atoms with Crippen molar-refractivity contribution in [3.63, 3.8) is 0 Å². The SMILES string of the molecule is Cc1ccc(C(=O)N2CCN(c3ccc([N+](=O)[O-])nc3)CC2)cc1. The van der Waals surface area contributed by atoms with E-state index < -0.39 is 4.92 Å². The lowest BCUT2D eigenvalue weighted by atomic mass is 10.1. The number of aromatic nitrogens is 1. The zero-order valence-electron chi connectivity index (χ0n) is 13.4. The first-order valence-electron chi connectivity index (χ1n) is 7.76. The molecule has 7 heteroatoms. The number of anilines is 1. The van der Waals surface area contributed by atoms with Crippen LogP contribution in [0.5, 0.6) is 0 Å². The quantitative estimate of drug-likeness (QED) is 0.638. The average Bonchev–Trinajstić information content (AvgIpc) is 2.62. The number of aryl methyl sites for hydroxylation is 1. The van der Waals surface area contributed by atoms with Gasteiger partial charge >= 0.3 is 5.82 Å². The fraction of sp³-hybridized carbons (Fsp3) is 0.294. The van der Waals surface area contributed by atoms with E-state index >= 15 is 0 Å². The molecule has 1 aromatic carbocycles. The van der Waals surface area contributed by atoms with Gasteiger partial charge in [-0.2, -0.15) is 0 Å². The Morgan fingerprint density at radius 1 is 1.08 bits per heavy atom. The number of carbonyl (C=O) groups is 1. The molecule has 1 aromatic heterocycles. The van der Waals surface area contributed by atoms with Crippen molar-refractivity contribution in [2.24, 2.45) is 0 Å². The molecule has 0 saturated carbocycles. The zero-order chi connectivity index (χ0) is 17.1. The van der Waals surface area contributed by atoms with Crippen molar-refractivity contribution in [3.05, 3.63) is 63.8 Å². The van der Waals surface area contributed by atoms with Crippen molar-refractivity contribution in [2.75, 3.05) is 31.1 Å². The molecule has 0 spiro atoms. The monoisotopic (exact) mass is 326 g/mol. The Labute approximate surface area is 139 Å². The van der Waals surface area contributed by atoms with E-state index in [4.69, 9.17) is 0 Å². The van der Waals surface area contributed by atoms with Gasteiger partial charge in [0.1, 0.15) is 0 Å². The van der Waals surface area contributed by atoms with Gasteiger partial charge in [-0.25, -0.2) is 0 Å². The highest BCUT2D eigenvalue weighted by atomic mass is 16.6. The molecule has 7 nitrogen and oxygen atoms in total. The van der Waals surface area contributed by atoms with Crippen LogP contribution in [0.4, 0.5) is 11.5 Å². The number of nitrogens with zero attached hydrogens (tertiary/aromatic N) is 4. The minimum Gasteiger partial charge on any atom is -0.365 e. The van der Waals surface area contributed by atoms with Crippen LogP contribution in [-0.4, -0.2) is 46.9 Å². The number of benzene rings is 1. The van der Waals surface area contributed by atoms with Gasteiger partial charge in [-0.3, -0.25) is 4.79 Å². The van der Waals surface area contributed by atoms with Gasteiger partial charge in [0.15, 0.2) is 6.20 Å². The lowest BCUT2D eigenvalue weighted by Gasteiger charge is -2.35. The van der Waals surface area contributed by atoms with Gasteiger partial charge in [0, 0.05) is 37.8 Å². The van der Waals surface area contributed by atoms with E-state index in [1.165, 1.54) is 12.3 Å². The second kappa shape index (κ2) is 6.66. The molecule has 2 heterocycles. The number of hydrogen-bond acceptors (Lipinski definition) is 5. The van der Waals surface area contributed by atoms with Crippen molar-refractivity contribution < 1.29 is 9.72 Å². The van der Waals surface area contributed by atoms with Crippen molar-refractivity contribution >= 4 is 17.4 Å². The molecule has 1 aliphatic rings. The Bertz CT molecular complexity index is 735. The Morgan fingerprint density at radius 2 is 1.75 bits per heavy atom. The highest BCUT2D eigenvalue weighted by molar-refractivity contribution is 5.94. The first kappa shape index (κ1) is 15.9. The molecule has 0 aliphatic carbocycles. The van der Waals surface area contributed by atoms with E-state index in [0.29, 0.717) is 31.7 Å². The number of hydrogen-bond donors (Lipinski definition) is 0. The summed E-state index contributed by atoms with van der Waals surface area (Å²) in [6, 6.07) is 10.7. The van der Waals surface area contributed by atoms with Crippen LogP contribution in [0.3, 0.4) is 0 Å². The third kappa shape index (κ3) is 3.34. The summed E-state index contributed by atoms with van der Waals surface area (Å²) in [4.78, 5) is 30.4. The summed E-state index contributed by atoms with van der Waals surface area (Å²) in [5, 5.41) is 10.6. The first-order chi connectivity index (χ1) is 11.5. The molecule has 24 heavy (non-hydrogen) atoms. The molecule has 0 N–H and O–H groups in total. The summed E-state index contributed by atoms with van der Waals surface area (Å²) in [7, 11) is 0. The number of pyridine rings is 1. The highest BCUT2D eigenvalue weighted by Gasteiger charge is 2.23. The zero-order valence-corrected chi connectivity index (χ0v) is 13.4. The standard InChI is InChI=1S/C17H18N4O3/c1-13-2-4-14(5-3-13)17(22)20-10-8-19(9-11-20)15-6-7-16(18-12-15)21(23)24/h2-7,12H,8-11H2,1H3. The summed E-state index contributed by atoms with van der Waals surface area (Å²) >= 11 is 0. The van der Waals surface area contributed by atoms with Crippen LogP contribution in [0, 0.1) is 17.0 Å². The van der Waals surface area contributed by atoms with E-state index in [2.05, 4.69) is 9.88 Å². The minimum atomic E-state index is -0.512. The van der Waals surface area contributed by atoms with Gasteiger partial charge < -0.3 is 19.9 Å². The van der Waals surface area contributed by atoms with Crippen LogP contribution in [0.2, 0.25) is 0 Å². The van der Waals surface area contributed by atoms with E-state index in [1.807, 2.05) is 36.1 Å². The molecule has 0 atom stereocenters. The van der Waals surface area contributed by atoms with Crippen LogP contribution in [0.1, 0.15) is 15.9 Å². The predicted octanol–water partition coefficient (Wildman–Crippen LogP) is 2.26. The molecular formula is C17H18N4O3. The normalized spacial score (nSPS) is 14.5. The maximum Gasteiger partial charge on any atom is 0.363 e. The summed E-state index contributed by atoms with van der Waals surface area (Å²) in [6.07, 6.45) is 1.51. The van der Waals surface area contributed by atoms with Gasteiger partial charge in [-0.15, -0.1) is 0 Å². The van der Waals surface area contributed by atoms with Crippen LogP contribution in [-0.2, 0) is 0 Å². The van der Waals surface area contributed by atoms with Crippen molar-refractivity contribution in [3.8, 4) is 0 Å². The summed E-state index contributed by atoms with van der Waals surface area (Å²) < 4.78 is 0.